The van der Waals surface area contributed by atoms with Gasteiger partial charge in [-0.25, -0.2) is 8.42 Å². The van der Waals surface area contributed by atoms with Crippen molar-refractivity contribution in [2.45, 2.75) is 18.7 Å². The Bertz CT molecular complexity index is 783. The van der Waals surface area contributed by atoms with Crippen molar-refractivity contribution in [2.24, 2.45) is 0 Å². The lowest BCUT2D eigenvalue weighted by molar-refractivity contribution is 0.592. The number of anilines is 1. The number of nitrogens with zero attached hydrogens (tertiary/aromatic N) is 1. The highest BCUT2D eigenvalue weighted by Gasteiger charge is 2.25. The van der Waals surface area contributed by atoms with Crippen LogP contribution in [0.4, 0.5) is 5.69 Å². The highest BCUT2D eigenvalue weighted by atomic mass is 35.5. The smallest absolute Gasteiger partial charge is 0.262 e. The van der Waals surface area contributed by atoms with Crippen LogP contribution in [0, 0.1) is 13.8 Å². The molecule has 0 saturated carbocycles. The number of aryl methyl sites for hydroxylation is 2. The van der Waals surface area contributed by atoms with E-state index in [0.29, 0.717) is 10.7 Å². The van der Waals surface area contributed by atoms with E-state index in [1.807, 2.05) is 32.0 Å². The summed E-state index contributed by atoms with van der Waals surface area (Å²) in [5.74, 6) is 0. The summed E-state index contributed by atoms with van der Waals surface area (Å²) in [6, 6.07) is 11.8. The Labute approximate surface area is 136 Å². The van der Waals surface area contributed by atoms with E-state index in [1.165, 1.54) is 16.4 Å². The lowest BCUT2D eigenvalue weighted by Crippen LogP contribution is -2.31. The van der Waals surface area contributed by atoms with E-state index in [4.69, 9.17) is 11.6 Å². The second-order valence-electron chi connectivity index (χ2n) is 5.07. The Hall–Kier alpha value is -1.78. The largest absolute Gasteiger partial charge is 0.264 e. The number of halogens is 1. The van der Waals surface area contributed by atoms with Gasteiger partial charge in [-0.3, -0.25) is 4.31 Å². The van der Waals surface area contributed by atoms with Crippen LogP contribution in [0.25, 0.3) is 0 Å². The Morgan fingerprint density at radius 1 is 1.14 bits per heavy atom. The number of rotatable bonds is 5. The van der Waals surface area contributed by atoms with Gasteiger partial charge in [0.25, 0.3) is 10.0 Å². The molecule has 0 aliphatic carbocycles. The summed E-state index contributed by atoms with van der Waals surface area (Å²) in [6.45, 7) is 7.74. The molecule has 5 heteroatoms. The normalized spacial score (nSPS) is 11.2. The molecule has 2 aromatic rings. The summed E-state index contributed by atoms with van der Waals surface area (Å²) in [4.78, 5) is 0.207. The van der Waals surface area contributed by atoms with E-state index in [-0.39, 0.29) is 11.4 Å². The molecule has 0 aromatic heterocycles. The molecule has 0 aliphatic rings. The van der Waals surface area contributed by atoms with Crippen LogP contribution in [0.1, 0.15) is 11.1 Å². The molecule has 0 bridgehead atoms. The molecule has 2 aromatic carbocycles. The van der Waals surface area contributed by atoms with Crippen molar-refractivity contribution in [3.63, 3.8) is 0 Å². The molecule has 0 saturated heterocycles. The molecule has 116 valence electrons. The monoisotopic (exact) mass is 335 g/mol. The van der Waals surface area contributed by atoms with E-state index in [0.717, 1.165) is 11.1 Å². The lowest BCUT2D eigenvalue weighted by Gasteiger charge is -2.25. The van der Waals surface area contributed by atoms with Crippen LogP contribution in [-0.4, -0.2) is 15.0 Å². The molecule has 0 atom stereocenters. The predicted molar refractivity (Wildman–Crippen MR) is 92.1 cm³/mol. The standard InChI is InChI=1S/C17H18ClNO2S/c1-4-11-19(17-10-5-13(2)12-14(17)3)22(20,21)16-8-6-15(18)7-9-16/h4-10,12H,1,11H2,2-3H3. The van der Waals surface area contributed by atoms with Crippen LogP contribution in [0.5, 0.6) is 0 Å². The molecule has 0 radical (unpaired) electrons. The van der Waals surface area contributed by atoms with Gasteiger partial charge in [-0.05, 0) is 49.7 Å². The molecular weight excluding hydrogens is 318 g/mol. The second-order valence-corrected chi connectivity index (χ2v) is 7.37. The van der Waals surface area contributed by atoms with Crippen molar-refractivity contribution in [3.05, 3.63) is 71.3 Å². The minimum Gasteiger partial charge on any atom is -0.262 e. The summed E-state index contributed by atoms with van der Waals surface area (Å²) in [7, 11) is -3.66. The maximum atomic E-state index is 12.9. The van der Waals surface area contributed by atoms with Gasteiger partial charge in [-0.1, -0.05) is 35.4 Å². The fraction of sp³-hybridized carbons (Fsp3) is 0.176. The highest BCUT2D eigenvalue weighted by Crippen LogP contribution is 2.28. The third-order valence-electron chi connectivity index (χ3n) is 3.32. The predicted octanol–water partition coefficient (Wildman–Crippen LogP) is 4.34. The summed E-state index contributed by atoms with van der Waals surface area (Å²) >= 11 is 5.84. The zero-order valence-corrected chi connectivity index (χ0v) is 14.2. The topological polar surface area (TPSA) is 37.4 Å². The Morgan fingerprint density at radius 2 is 1.77 bits per heavy atom. The number of benzene rings is 2. The van der Waals surface area contributed by atoms with Crippen LogP contribution in [0.15, 0.2) is 60.0 Å². The van der Waals surface area contributed by atoms with Gasteiger partial charge in [-0.2, -0.15) is 0 Å². The minimum absolute atomic E-state index is 0.203. The van der Waals surface area contributed by atoms with Gasteiger partial charge in [0.15, 0.2) is 0 Å². The molecule has 2 rings (SSSR count). The Kier molecular flexibility index (Phi) is 4.94. The van der Waals surface area contributed by atoms with Gasteiger partial charge < -0.3 is 0 Å². The van der Waals surface area contributed by atoms with Crippen LogP contribution in [0.2, 0.25) is 5.02 Å². The molecule has 0 heterocycles. The van der Waals surface area contributed by atoms with Crippen molar-refractivity contribution in [1.29, 1.82) is 0 Å². The third kappa shape index (κ3) is 3.34. The van der Waals surface area contributed by atoms with Crippen molar-refractivity contribution < 1.29 is 8.42 Å². The van der Waals surface area contributed by atoms with E-state index in [9.17, 15) is 8.42 Å². The molecule has 0 unspecified atom stereocenters. The van der Waals surface area contributed by atoms with E-state index >= 15 is 0 Å². The second kappa shape index (κ2) is 6.55. The van der Waals surface area contributed by atoms with E-state index in [1.54, 1.807) is 18.2 Å². The van der Waals surface area contributed by atoms with Gasteiger partial charge in [0.2, 0.25) is 0 Å². The zero-order valence-electron chi connectivity index (χ0n) is 12.6. The van der Waals surface area contributed by atoms with Crippen molar-refractivity contribution in [2.75, 3.05) is 10.8 Å². The SMILES string of the molecule is C=CCN(c1ccc(C)cc1C)S(=O)(=O)c1ccc(Cl)cc1. The first kappa shape index (κ1) is 16.6. The van der Waals surface area contributed by atoms with Crippen LogP contribution in [-0.2, 0) is 10.0 Å². The average Bonchev–Trinajstić information content (AvgIpc) is 2.46. The maximum Gasteiger partial charge on any atom is 0.264 e. The number of hydrogen-bond donors (Lipinski definition) is 0. The first-order valence-electron chi connectivity index (χ1n) is 6.82. The molecule has 0 spiro atoms. The fourth-order valence-electron chi connectivity index (χ4n) is 2.26. The molecular formula is C17H18ClNO2S. The van der Waals surface area contributed by atoms with Crippen LogP contribution in [0.3, 0.4) is 0 Å². The molecule has 0 fully saturated rings. The van der Waals surface area contributed by atoms with Gasteiger partial charge in [-0.15, -0.1) is 6.58 Å². The highest BCUT2D eigenvalue weighted by molar-refractivity contribution is 7.92. The molecule has 22 heavy (non-hydrogen) atoms. The van der Waals surface area contributed by atoms with Gasteiger partial charge in [0.05, 0.1) is 17.1 Å². The summed E-state index contributed by atoms with van der Waals surface area (Å²) in [6.07, 6.45) is 1.58. The van der Waals surface area contributed by atoms with E-state index < -0.39 is 10.0 Å². The third-order valence-corrected chi connectivity index (χ3v) is 5.36. The zero-order chi connectivity index (χ0) is 16.3. The first-order valence-corrected chi connectivity index (χ1v) is 8.64. The van der Waals surface area contributed by atoms with Crippen LogP contribution >= 0.6 is 11.6 Å². The Balaban J connectivity index is 2.55. The van der Waals surface area contributed by atoms with Gasteiger partial charge >= 0.3 is 0 Å². The summed E-state index contributed by atoms with van der Waals surface area (Å²) < 4.78 is 27.2. The van der Waals surface area contributed by atoms with Crippen molar-refractivity contribution >= 4 is 27.3 Å². The molecule has 0 aliphatic heterocycles. The molecule has 0 N–H and O–H groups in total. The summed E-state index contributed by atoms with van der Waals surface area (Å²) in [5.41, 5.74) is 2.64. The quantitative estimate of drug-likeness (QED) is 0.762. The van der Waals surface area contributed by atoms with Crippen LogP contribution < -0.4 is 4.31 Å². The average molecular weight is 336 g/mol. The fourth-order valence-corrected chi connectivity index (χ4v) is 3.89. The first-order chi connectivity index (χ1) is 10.4. The summed E-state index contributed by atoms with van der Waals surface area (Å²) in [5, 5.41) is 0.501. The van der Waals surface area contributed by atoms with Gasteiger partial charge in [0, 0.05) is 5.02 Å². The molecule has 0 amide bonds. The maximum absolute atomic E-state index is 12.9. The van der Waals surface area contributed by atoms with Gasteiger partial charge in [0.1, 0.15) is 0 Å². The Morgan fingerprint density at radius 3 is 2.32 bits per heavy atom. The lowest BCUT2D eigenvalue weighted by atomic mass is 10.1. The number of hydrogen-bond acceptors (Lipinski definition) is 2. The molecule has 3 nitrogen and oxygen atoms in total. The van der Waals surface area contributed by atoms with Crippen molar-refractivity contribution in [1.82, 2.24) is 0 Å². The minimum atomic E-state index is -3.66. The van der Waals surface area contributed by atoms with E-state index in [2.05, 4.69) is 6.58 Å². The van der Waals surface area contributed by atoms with Crippen molar-refractivity contribution in [3.8, 4) is 0 Å². The number of sulfonamides is 1.